The molecule has 2 fully saturated rings. The number of aliphatic hydroxyl groups excluding tert-OH is 3. The molecule has 2 saturated heterocycles. The first kappa shape index (κ1) is 30.3. The van der Waals surface area contributed by atoms with Crippen molar-refractivity contribution in [3.63, 3.8) is 0 Å². The number of nitrogens with zero attached hydrogens (tertiary/aromatic N) is 1. The van der Waals surface area contributed by atoms with E-state index < -0.39 is 62.9 Å². The SMILES string of the molecule is CCCCOC(=O)[C@@H]1CCCN1P(=O)(OC[C@H]1O[C@H](O)[C@H](NC(C)=O)[C@@H](O)[C@@H]1O)Oc1ccc(OC)cc1. The van der Waals surface area contributed by atoms with Gasteiger partial charge >= 0.3 is 13.7 Å². The second-order valence-electron chi connectivity index (χ2n) is 9.15. The normalized spacial score (nSPS) is 29.3. The number of aliphatic hydroxyl groups is 3. The average Bonchev–Trinajstić information content (AvgIpc) is 3.39. The van der Waals surface area contributed by atoms with Crippen LogP contribution in [0.1, 0.15) is 39.5 Å². The number of unbranched alkanes of at least 4 members (excludes halogenated alkanes) is 1. The van der Waals surface area contributed by atoms with E-state index >= 15 is 0 Å². The van der Waals surface area contributed by atoms with Gasteiger partial charge in [-0.3, -0.25) is 14.1 Å². The molecule has 0 bridgehead atoms. The van der Waals surface area contributed by atoms with Crippen LogP contribution in [0.2, 0.25) is 0 Å². The minimum Gasteiger partial charge on any atom is -0.497 e. The largest absolute Gasteiger partial charge is 0.497 e. The fraction of sp³-hybridized carbons (Fsp3) is 0.667. The lowest BCUT2D eigenvalue weighted by Crippen LogP contribution is -2.64. The summed E-state index contributed by atoms with van der Waals surface area (Å²) >= 11 is 0. The Kier molecular flexibility index (Phi) is 10.9. The van der Waals surface area contributed by atoms with Gasteiger partial charge in [-0.2, -0.15) is 4.67 Å². The van der Waals surface area contributed by atoms with E-state index in [2.05, 4.69) is 5.32 Å². The Morgan fingerprint density at radius 1 is 1.16 bits per heavy atom. The van der Waals surface area contributed by atoms with Crippen molar-refractivity contribution in [3.05, 3.63) is 24.3 Å². The molecule has 1 unspecified atom stereocenters. The Morgan fingerprint density at radius 3 is 2.47 bits per heavy atom. The van der Waals surface area contributed by atoms with Gasteiger partial charge in [-0.15, -0.1) is 0 Å². The minimum atomic E-state index is -4.26. The zero-order valence-electron chi connectivity index (χ0n) is 21.7. The topological polar surface area (TPSA) is 173 Å². The number of nitrogens with one attached hydrogen (secondary N) is 1. The molecule has 7 atom stereocenters. The van der Waals surface area contributed by atoms with Gasteiger partial charge in [0.15, 0.2) is 6.29 Å². The molecule has 0 aliphatic carbocycles. The lowest BCUT2D eigenvalue weighted by molar-refractivity contribution is -0.252. The molecule has 13 nitrogen and oxygen atoms in total. The second-order valence-corrected chi connectivity index (χ2v) is 11.0. The van der Waals surface area contributed by atoms with Gasteiger partial charge in [0.25, 0.3) is 0 Å². The van der Waals surface area contributed by atoms with Gasteiger partial charge in [0.2, 0.25) is 5.91 Å². The van der Waals surface area contributed by atoms with Crippen LogP contribution in [-0.2, 0) is 28.2 Å². The molecular formula is C24H37N2O11P. The molecule has 2 aliphatic heterocycles. The maximum absolute atomic E-state index is 14.2. The van der Waals surface area contributed by atoms with Crippen LogP contribution < -0.4 is 14.6 Å². The molecule has 0 radical (unpaired) electrons. The fourth-order valence-electron chi connectivity index (χ4n) is 4.26. The molecule has 1 amide bonds. The van der Waals surface area contributed by atoms with Crippen LogP contribution in [0.15, 0.2) is 24.3 Å². The van der Waals surface area contributed by atoms with Crippen molar-refractivity contribution in [2.75, 3.05) is 26.9 Å². The molecule has 214 valence electrons. The number of carbonyl (C=O) groups excluding carboxylic acids is 2. The number of rotatable bonds is 12. The molecule has 1 aromatic rings. The Labute approximate surface area is 221 Å². The predicted molar refractivity (Wildman–Crippen MR) is 133 cm³/mol. The van der Waals surface area contributed by atoms with Crippen molar-refractivity contribution in [2.24, 2.45) is 0 Å². The third kappa shape index (κ3) is 7.44. The van der Waals surface area contributed by atoms with Crippen LogP contribution in [0.3, 0.4) is 0 Å². The standard InChI is InChI=1S/C24H37N2O11P/c1-4-5-13-34-23(30)18-7-6-12-26(18)38(32,37-17-10-8-16(33-3)9-11-17)35-14-19-21(28)22(29)20(24(31)36-19)25-15(2)27/h8-11,18-22,24,28-29,31H,4-7,12-14H2,1-3H3,(H,25,27)/t18-,19+,20+,21+,22+,24-,38?/m0/s1. The maximum atomic E-state index is 14.2. The summed E-state index contributed by atoms with van der Waals surface area (Å²) in [6.45, 7) is 3.04. The van der Waals surface area contributed by atoms with E-state index in [4.69, 9.17) is 23.3 Å². The molecule has 0 spiro atoms. The zero-order valence-corrected chi connectivity index (χ0v) is 22.6. The number of ether oxygens (including phenoxy) is 3. The number of hydrogen-bond acceptors (Lipinski definition) is 11. The van der Waals surface area contributed by atoms with E-state index in [1.54, 1.807) is 12.1 Å². The van der Waals surface area contributed by atoms with Gasteiger partial charge in [0.1, 0.15) is 41.9 Å². The molecule has 38 heavy (non-hydrogen) atoms. The zero-order chi connectivity index (χ0) is 27.9. The van der Waals surface area contributed by atoms with Gasteiger partial charge in [-0.05, 0) is 43.5 Å². The lowest BCUT2D eigenvalue weighted by Gasteiger charge is -2.41. The molecule has 2 aliphatic rings. The van der Waals surface area contributed by atoms with Crippen LogP contribution in [0.25, 0.3) is 0 Å². The van der Waals surface area contributed by atoms with Gasteiger partial charge in [-0.25, -0.2) is 4.57 Å². The van der Waals surface area contributed by atoms with Gasteiger partial charge in [-0.1, -0.05) is 13.3 Å². The predicted octanol–water partition coefficient (Wildman–Crippen LogP) is 0.950. The smallest absolute Gasteiger partial charge is 0.462 e. The summed E-state index contributed by atoms with van der Waals surface area (Å²) in [5.74, 6) is -0.366. The Balaban J connectivity index is 1.80. The van der Waals surface area contributed by atoms with Gasteiger partial charge in [0, 0.05) is 13.5 Å². The van der Waals surface area contributed by atoms with Crippen molar-refractivity contribution in [3.8, 4) is 11.5 Å². The quantitative estimate of drug-likeness (QED) is 0.162. The van der Waals surface area contributed by atoms with Crippen LogP contribution in [0, 0.1) is 0 Å². The first-order chi connectivity index (χ1) is 18.1. The molecule has 3 rings (SSSR count). The lowest BCUT2D eigenvalue weighted by atomic mass is 9.97. The molecule has 14 heteroatoms. The first-order valence-electron chi connectivity index (χ1n) is 12.6. The maximum Gasteiger partial charge on any atom is 0.462 e. The Bertz CT molecular complexity index is 979. The van der Waals surface area contributed by atoms with Crippen molar-refractivity contribution < 1.29 is 52.7 Å². The van der Waals surface area contributed by atoms with Gasteiger partial charge < -0.3 is 39.4 Å². The number of carbonyl (C=O) groups is 2. The monoisotopic (exact) mass is 560 g/mol. The van der Waals surface area contributed by atoms with Crippen molar-refractivity contribution in [1.82, 2.24) is 9.99 Å². The summed E-state index contributed by atoms with van der Waals surface area (Å²) in [5.41, 5.74) is 0. The summed E-state index contributed by atoms with van der Waals surface area (Å²) in [6, 6.07) is 4.09. The summed E-state index contributed by atoms with van der Waals surface area (Å²) in [5, 5.41) is 33.6. The molecule has 1 aromatic carbocycles. The van der Waals surface area contributed by atoms with E-state index in [-0.39, 0.29) is 18.9 Å². The summed E-state index contributed by atoms with van der Waals surface area (Å²) in [7, 11) is -2.77. The Hall–Kier alpha value is -2.25. The Morgan fingerprint density at radius 2 is 1.84 bits per heavy atom. The summed E-state index contributed by atoms with van der Waals surface area (Å²) in [6.07, 6.45) is -3.74. The average molecular weight is 561 g/mol. The minimum absolute atomic E-state index is 0.176. The molecule has 0 saturated carbocycles. The van der Waals surface area contributed by atoms with Crippen molar-refractivity contribution in [2.45, 2.75) is 76.2 Å². The highest BCUT2D eigenvalue weighted by atomic mass is 31.2. The summed E-state index contributed by atoms with van der Waals surface area (Å²) in [4.78, 5) is 24.2. The third-order valence-electron chi connectivity index (χ3n) is 6.33. The number of hydrogen-bond donors (Lipinski definition) is 4. The number of esters is 1. The van der Waals surface area contributed by atoms with E-state index in [1.807, 2.05) is 6.92 Å². The molecule has 4 N–H and O–H groups in total. The highest BCUT2D eigenvalue weighted by Gasteiger charge is 2.49. The van der Waals surface area contributed by atoms with E-state index in [9.17, 15) is 29.5 Å². The van der Waals surface area contributed by atoms with E-state index in [1.165, 1.54) is 30.8 Å². The highest BCUT2D eigenvalue weighted by molar-refractivity contribution is 7.51. The third-order valence-corrected chi connectivity index (χ3v) is 8.35. The summed E-state index contributed by atoms with van der Waals surface area (Å²) < 4.78 is 43.0. The van der Waals surface area contributed by atoms with Crippen LogP contribution >= 0.6 is 7.75 Å². The van der Waals surface area contributed by atoms with E-state index in [0.29, 0.717) is 25.0 Å². The molecule has 0 aromatic heterocycles. The number of amides is 1. The highest BCUT2D eigenvalue weighted by Crippen LogP contribution is 2.55. The fourth-order valence-corrected chi connectivity index (χ4v) is 6.23. The number of methoxy groups -OCH3 is 1. The van der Waals surface area contributed by atoms with Gasteiger partial charge in [0.05, 0.1) is 20.3 Å². The van der Waals surface area contributed by atoms with Crippen LogP contribution in [0.5, 0.6) is 11.5 Å². The van der Waals surface area contributed by atoms with Crippen LogP contribution in [0.4, 0.5) is 0 Å². The van der Waals surface area contributed by atoms with Crippen molar-refractivity contribution in [1.29, 1.82) is 0 Å². The second kappa shape index (κ2) is 13.7. The van der Waals surface area contributed by atoms with Crippen molar-refractivity contribution >= 4 is 19.6 Å². The van der Waals surface area contributed by atoms with Crippen LogP contribution in [-0.4, -0.2) is 95.4 Å². The number of benzene rings is 1. The molecular weight excluding hydrogens is 523 g/mol. The first-order valence-corrected chi connectivity index (χ1v) is 14.1. The van der Waals surface area contributed by atoms with E-state index in [0.717, 1.165) is 6.42 Å². The molecule has 2 heterocycles.